The highest BCUT2D eigenvalue weighted by Crippen LogP contribution is 2.49. The summed E-state index contributed by atoms with van der Waals surface area (Å²) in [4.78, 5) is 76.0. The topological polar surface area (TPSA) is 175 Å². The number of benzene rings is 6. The predicted octanol–water partition coefficient (Wildman–Crippen LogP) is 13.5. The van der Waals surface area contributed by atoms with Crippen LogP contribution in [0.1, 0.15) is 133 Å². The largest absolute Gasteiger partial charge is 0.453 e. The van der Waals surface area contributed by atoms with E-state index in [1.807, 2.05) is 82.9 Å². The van der Waals surface area contributed by atoms with Crippen LogP contribution < -0.4 is 10.6 Å². The van der Waals surface area contributed by atoms with Crippen LogP contribution in [-0.2, 0) is 44.7 Å². The van der Waals surface area contributed by atoms with Crippen molar-refractivity contribution >= 4 is 24.0 Å². The van der Waals surface area contributed by atoms with Gasteiger partial charge in [0, 0.05) is 12.1 Å². The van der Waals surface area contributed by atoms with Gasteiger partial charge in [0.25, 0.3) is 11.8 Å². The number of aryl methyl sites for hydroxylation is 4. The Morgan fingerprint density at radius 3 is 1.29 bits per heavy atom. The number of imidazole rings is 2. The quantitative estimate of drug-likeness (QED) is 0.0935. The van der Waals surface area contributed by atoms with E-state index in [0.29, 0.717) is 23.0 Å². The fourth-order valence-electron chi connectivity index (χ4n) is 14.6. The average Bonchev–Trinajstić information content (AvgIpc) is 2.99. The number of methoxy groups -OCH3 is 2. The lowest BCUT2D eigenvalue weighted by Crippen LogP contribution is -2.47. The second kappa shape index (κ2) is 23.8. The Hall–Kier alpha value is -8.78. The number of nitrogens with one attached hydrogen (secondary N) is 4. The lowest BCUT2D eigenvalue weighted by atomic mass is 9.84. The van der Waals surface area contributed by atoms with Gasteiger partial charge in [0.15, 0.2) is 0 Å². The van der Waals surface area contributed by atoms with Crippen LogP contribution >= 0.6 is 0 Å². The highest BCUT2D eigenvalue weighted by atomic mass is 16.5. The maximum Gasteiger partial charge on any atom is 0.407 e. The molecule has 14 heteroatoms. The van der Waals surface area contributed by atoms with Crippen LogP contribution in [-0.4, -0.2) is 80.0 Å². The molecule has 4 bridgehead atoms. The number of nitrogens with zero attached hydrogens (tertiary/aromatic N) is 4. The minimum absolute atomic E-state index is 0.0697. The zero-order chi connectivity index (χ0) is 57.3. The molecule has 6 aliphatic carbocycles. The molecule has 2 aliphatic heterocycles. The molecule has 84 heavy (non-hydrogen) atoms. The Morgan fingerprint density at radius 2 is 0.881 bits per heavy atom. The summed E-state index contributed by atoms with van der Waals surface area (Å²) in [6.45, 7) is 0. The molecular formula is C70H72N8O6. The van der Waals surface area contributed by atoms with Gasteiger partial charge in [-0.3, -0.25) is 9.59 Å². The number of ether oxygens (including phenoxy) is 2. The molecule has 4 amide bonds. The fourth-order valence-corrected chi connectivity index (χ4v) is 14.6. The molecule has 2 saturated carbocycles. The molecule has 8 unspecified atom stereocenters. The van der Waals surface area contributed by atoms with Gasteiger partial charge in [-0.05, 0) is 143 Å². The van der Waals surface area contributed by atoms with Crippen LogP contribution in [0.4, 0.5) is 9.59 Å². The molecule has 0 spiro atoms. The number of aromatic nitrogens is 4. The molecule has 0 radical (unpaired) electrons. The molecular weight excluding hydrogens is 1050 g/mol. The molecule has 4 N–H and O–H groups in total. The lowest BCUT2D eigenvalue weighted by molar-refractivity contribution is -0.138. The highest BCUT2D eigenvalue weighted by molar-refractivity contribution is 5.89. The number of fused-ring (bicyclic) bond motifs is 2. The molecule has 8 aromatic rings. The maximum absolute atomic E-state index is 14.7. The Labute approximate surface area is 490 Å². The number of H-pyrrole nitrogens is 2. The molecule has 428 valence electrons. The standard InChI is InChI=1S/C70H72N8O6/c1-83-69(81)75-63(51-13-5-3-6-14-51)67(79)77-59-19-11-9-17-53(59)39-61(77)65-71-41-57(73-65)49-33-29-47(30-34-49)55-37-43-21-25-45(55)27-23-44-22-26-46(28-24-43)56(38-44)48-31-35-50(36-32-48)58-42-72-66(74-58)62-40-54-18-10-12-20-60(54)78(62)68(80)64(76-70(82)84-2)52-15-7-4-8-16-52/h3-8,13-16,21-22,25-26,29-38,41-42,53-54,59-64H,9-12,17-20,23-24,27-28,39-40H2,1-2H3,(H,71,73)(H,72,74)(H,75,81)(H,76,82). The van der Waals surface area contributed by atoms with Crippen molar-refractivity contribution in [3.05, 3.63) is 203 Å². The number of alkyl carbamates (subject to hydrolysis) is 2. The van der Waals surface area contributed by atoms with Crippen LogP contribution in [0.25, 0.3) is 44.8 Å². The SMILES string of the molecule is COC(=O)NC(C(=O)N1C(c2ncc(-c3ccc(-c4cc5ccc4CCc4ccc(c(-c6ccc(-c7cnc(C8CC9CCCCC9N8C(=O)C(NC(=O)OC)c8ccccc8)[nH]7)cc6)c4)CC5)cc3)[nH]2)CC2CCCCC21)c1ccccc1. The van der Waals surface area contributed by atoms with E-state index in [4.69, 9.17) is 19.4 Å². The van der Waals surface area contributed by atoms with Crippen LogP contribution in [0.5, 0.6) is 0 Å². The smallest absolute Gasteiger partial charge is 0.407 e. The van der Waals surface area contributed by atoms with E-state index >= 15 is 0 Å². The lowest BCUT2D eigenvalue weighted by Gasteiger charge is -2.36. The summed E-state index contributed by atoms with van der Waals surface area (Å²) in [7, 11) is 2.64. The van der Waals surface area contributed by atoms with Gasteiger partial charge in [0.2, 0.25) is 0 Å². The minimum Gasteiger partial charge on any atom is -0.453 e. The third kappa shape index (κ3) is 10.9. The third-order valence-corrected chi connectivity index (χ3v) is 18.9. The van der Waals surface area contributed by atoms with Crippen molar-refractivity contribution < 1.29 is 28.7 Å². The Balaban J connectivity index is 0.704. The van der Waals surface area contributed by atoms with Gasteiger partial charge in [0.1, 0.15) is 23.7 Å². The molecule has 6 aromatic carbocycles. The van der Waals surface area contributed by atoms with Crippen LogP contribution in [0.15, 0.2) is 158 Å². The van der Waals surface area contributed by atoms with E-state index in [9.17, 15) is 19.2 Å². The average molecular weight is 1120 g/mol. The summed E-state index contributed by atoms with van der Waals surface area (Å²) < 4.78 is 9.98. The second-order valence-corrected chi connectivity index (χ2v) is 23.7. The summed E-state index contributed by atoms with van der Waals surface area (Å²) in [5.41, 5.74) is 15.3. The molecule has 8 atom stereocenters. The van der Waals surface area contributed by atoms with Crippen molar-refractivity contribution in [1.29, 1.82) is 0 Å². The van der Waals surface area contributed by atoms with Gasteiger partial charge in [0.05, 0.1) is 50.1 Å². The van der Waals surface area contributed by atoms with Gasteiger partial charge < -0.3 is 39.9 Å². The number of aromatic amines is 2. The van der Waals surface area contributed by atoms with E-state index < -0.39 is 24.3 Å². The number of carbonyl (C=O) groups excluding carboxylic acids is 4. The van der Waals surface area contributed by atoms with Crippen LogP contribution in [0.3, 0.4) is 0 Å². The summed E-state index contributed by atoms with van der Waals surface area (Å²) >= 11 is 0. The van der Waals surface area contributed by atoms with Crippen LogP contribution in [0, 0.1) is 11.8 Å². The van der Waals surface area contributed by atoms with E-state index in [1.54, 1.807) is 0 Å². The first-order valence-electron chi connectivity index (χ1n) is 30.2. The molecule has 2 aromatic heterocycles. The Kier molecular flexibility index (Phi) is 15.5. The number of amides is 4. The highest BCUT2D eigenvalue weighted by Gasteiger charge is 2.50. The molecule has 8 aliphatic rings. The maximum atomic E-state index is 14.7. The molecule has 14 nitrogen and oxygen atoms in total. The summed E-state index contributed by atoms with van der Waals surface area (Å²) in [5.74, 6) is 1.97. The van der Waals surface area contributed by atoms with Crippen molar-refractivity contribution in [1.82, 2.24) is 40.4 Å². The van der Waals surface area contributed by atoms with Crippen molar-refractivity contribution in [3.63, 3.8) is 0 Å². The van der Waals surface area contributed by atoms with Crippen molar-refractivity contribution in [2.24, 2.45) is 11.8 Å². The zero-order valence-corrected chi connectivity index (χ0v) is 47.8. The fraction of sp³-hybridized carbons (Fsp3) is 0.343. The van der Waals surface area contributed by atoms with E-state index in [2.05, 4.69) is 106 Å². The number of carbonyl (C=O) groups is 4. The van der Waals surface area contributed by atoms with Gasteiger partial charge >= 0.3 is 12.2 Å². The minimum atomic E-state index is -0.883. The predicted molar refractivity (Wildman–Crippen MR) is 323 cm³/mol. The summed E-state index contributed by atoms with van der Waals surface area (Å²) in [6, 6.07) is 48.3. The molecule has 2 saturated heterocycles. The van der Waals surface area contributed by atoms with Gasteiger partial charge in [-0.15, -0.1) is 0 Å². The summed E-state index contributed by atoms with van der Waals surface area (Å²) in [5, 5.41) is 5.69. The third-order valence-electron chi connectivity index (χ3n) is 18.9. The Morgan fingerprint density at radius 1 is 0.488 bits per heavy atom. The number of rotatable bonds is 12. The first-order chi connectivity index (χ1) is 41.2. The normalized spacial score (nSPS) is 21.5. The summed E-state index contributed by atoms with van der Waals surface area (Å²) in [6.07, 6.45) is 16.1. The molecule has 16 rings (SSSR count). The van der Waals surface area contributed by atoms with Crippen molar-refractivity contribution in [3.8, 4) is 44.8 Å². The molecule has 4 fully saturated rings. The Bertz CT molecular complexity index is 3430. The van der Waals surface area contributed by atoms with E-state index in [1.165, 1.54) is 58.7 Å². The first-order valence-corrected chi connectivity index (χ1v) is 30.2. The number of hydrogen-bond donors (Lipinski definition) is 4. The van der Waals surface area contributed by atoms with Crippen molar-refractivity contribution in [2.45, 2.75) is 126 Å². The van der Waals surface area contributed by atoms with Crippen molar-refractivity contribution in [2.75, 3.05) is 14.2 Å². The van der Waals surface area contributed by atoms with E-state index in [-0.39, 0.29) is 36.0 Å². The molecule has 4 heterocycles. The van der Waals surface area contributed by atoms with Gasteiger partial charge in [-0.25, -0.2) is 19.6 Å². The zero-order valence-electron chi connectivity index (χ0n) is 47.8. The van der Waals surface area contributed by atoms with Gasteiger partial charge in [-0.2, -0.15) is 0 Å². The van der Waals surface area contributed by atoms with Gasteiger partial charge in [-0.1, -0.05) is 171 Å². The first kappa shape index (κ1) is 54.5. The monoisotopic (exact) mass is 1120 g/mol. The van der Waals surface area contributed by atoms with Crippen LogP contribution in [0.2, 0.25) is 0 Å². The number of likely N-dealkylation sites (tertiary alicyclic amines) is 2. The number of hydrogen-bond acceptors (Lipinski definition) is 8. The van der Waals surface area contributed by atoms with E-state index in [0.717, 1.165) is 124 Å². The second-order valence-electron chi connectivity index (χ2n) is 23.7.